The van der Waals surface area contributed by atoms with Gasteiger partial charge in [-0.25, -0.2) is 4.98 Å². The van der Waals surface area contributed by atoms with Gasteiger partial charge in [0.2, 0.25) is 5.91 Å². The second-order valence-corrected chi connectivity index (χ2v) is 4.27. The van der Waals surface area contributed by atoms with E-state index in [1.165, 1.54) is 0 Å². The molecule has 1 aliphatic carbocycles. The van der Waals surface area contributed by atoms with Crippen molar-refractivity contribution in [3.05, 3.63) is 18.3 Å². The molecule has 2 rings (SSSR count). The van der Waals surface area contributed by atoms with Gasteiger partial charge in [-0.05, 0) is 31.4 Å². The maximum Gasteiger partial charge on any atom is 0.230 e. The molecule has 4 nitrogen and oxygen atoms in total. The molecule has 2 N–H and O–H groups in total. The molecular formula is C12H18ClN3O. The van der Waals surface area contributed by atoms with Gasteiger partial charge in [0, 0.05) is 12.5 Å². The molecule has 0 atom stereocenters. The average molecular weight is 256 g/mol. The van der Waals surface area contributed by atoms with Gasteiger partial charge >= 0.3 is 0 Å². The number of aromatic nitrogens is 1. The predicted octanol–water partition coefficient (Wildman–Crippen LogP) is 2.67. The zero-order valence-corrected chi connectivity index (χ0v) is 10.9. The molecule has 1 aliphatic rings. The van der Waals surface area contributed by atoms with Crippen molar-refractivity contribution in [2.24, 2.45) is 5.41 Å². The molecule has 1 amide bonds. The Morgan fingerprint density at radius 3 is 2.59 bits per heavy atom. The second kappa shape index (κ2) is 5.36. The van der Waals surface area contributed by atoms with E-state index in [1.807, 2.05) is 19.2 Å². The minimum absolute atomic E-state index is 0. The van der Waals surface area contributed by atoms with E-state index in [0.29, 0.717) is 0 Å². The van der Waals surface area contributed by atoms with Crippen molar-refractivity contribution in [3.8, 4) is 0 Å². The van der Waals surface area contributed by atoms with Gasteiger partial charge in [0.15, 0.2) is 0 Å². The Hall–Kier alpha value is -1.29. The number of nitrogens with one attached hydrogen (secondary N) is 2. The van der Waals surface area contributed by atoms with Crippen LogP contribution in [0.2, 0.25) is 0 Å². The predicted molar refractivity (Wildman–Crippen MR) is 71.6 cm³/mol. The van der Waals surface area contributed by atoms with Gasteiger partial charge in [0.05, 0.1) is 11.9 Å². The molecule has 0 saturated heterocycles. The Labute approximate surface area is 108 Å². The summed E-state index contributed by atoms with van der Waals surface area (Å²) in [6.45, 7) is 2.06. The number of hydrogen-bond acceptors (Lipinski definition) is 3. The first kappa shape index (κ1) is 13.8. The molecule has 0 radical (unpaired) electrons. The van der Waals surface area contributed by atoms with Crippen molar-refractivity contribution in [2.75, 3.05) is 17.7 Å². The summed E-state index contributed by atoms with van der Waals surface area (Å²) in [5, 5.41) is 5.86. The third-order valence-electron chi connectivity index (χ3n) is 3.29. The van der Waals surface area contributed by atoms with E-state index in [9.17, 15) is 4.79 Å². The zero-order valence-electron chi connectivity index (χ0n) is 10.1. The minimum Gasteiger partial charge on any atom is -0.373 e. The van der Waals surface area contributed by atoms with E-state index in [1.54, 1.807) is 6.20 Å². The first-order valence-electron chi connectivity index (χ1n) is 5.65. The lowest BCUT2D eigenvalue weighted by Crippen LogP contribution is -2.23. The quantitative estimate of drug-likeness (QED) is 0.870. The highest BCUT2D eigenvalue weighted by molar-refractivity contribution is 5.97. The number of nitrogens with zero attached hydrogens (tertiary/aromatic N) is 1. The van der Waals surface area contributed by atoms with E-state index < -0.39 is 0 Å². The third-order valence-corrected chi connectivity index (χ3v) is 3.29. The van der Waals surface area contributed by atoms with Gasteiger partial charge in [-0.2, -0.15) is 0 Å². The molecule has 5 heteroatoms. The van der Waals surface area contributed by atoms with Crippen LogP contribution in [-0.4, -0.2) is 17.9 Å². The Balaban J connectivity index is 0.00000144. The minimum atomic E-state index is -0.0956. The molecule has 0 aromatic carbocycles. The van der Waals surface area contributed by atoms with Crippen molar-refractivity contribution in [2.45, 2.75) is 26.2 Å². The third kappa shape index (κ3) is 2.88. The van der Waals surface area contributed by atoms with Gasteiger partial charge in [0.1, 0.15) is 5.82 Å². The highest BCUT2D eigenvalue weighted by Crippen LogP contribution is 2.49. The van der Waals surface area contributed by atoms with E-state index >= 15 is 0 Å². The maximum absolute atomic E-state index is 11.9. The van der Waals surface area contributed by atoms with Crippen molar-refractivity contribution in [1.82, 2.24) is 4.98 Å². The fourth-order valence-electron chi connectivity index (χ4n) is 1.77. The number of pyridine rings is 1. The Morgan fingerprint density at radius 2 is 2.18 bits per heavy atom. The number of anilines is 2. The van der Waals surface area contributed by atoms with Crippen LogP contribution in [-0.2, 0) is 4.79 Å². The van der Waals surface area contributed by atoms with E-state index in [0.717, 1.165) is 30.8 Å². The molecule has 1 aromatic rings. The second-order valence-electron chi connectivity index (χ2n) is 4.27. The molecule has 0 aliphatic heterocycles. The van der Waals surface area contributed by atoms with E-state index in [4.69, 9.17) is 0 Å². The summed E-state index contributed by atoms with van der Waals surface area (Å²) in [6.07, 6.45) is 4.62. The highest BCUT2D eigenvalue weighted by Gasteiger charge is 2.47. The summed E-state index contributed by atoms with van der Waals surface area (Å²) >= 11 is 0. The summed E-state index contributed by atoms with van der Waals surface area (Å²) in [6, 6.07) is 3.71. The lowest BCUT2D eigenvalue weighted by Gasteiger charge is -2.12. The van der Waals surface area contributed by atoms with Crippen LogP contribution >= 0.6 is 12.4 Å². The van der Waals surface area contributed by atoms with Gasteiger partial charge < -0.3 is 10.6 Å². The first-order chi connectivity index (χ1) is 7.70. The number of halogens is 1. The van der Waals surface area contributed by atoms with Gasteiger partial charge in [0.25, 0.3) is 0 Å². The normalized spacial score (nSPS) is 15.6. The zero-order chi connectivity index (χ0) is 11.6. The van der Waals surface area contributed by atoms with Crippen molar-refractivity contribution < 1.29 is 4.79 Å². The molecule has 1 saturated carbocycles. The maximum atomic E-state index is 11.9. The fraction of sp³-hybridized carbons (Fsp3) is 0.500. The van der Waals surface area contributed by atoms with Crippen LogP contribution in [0, 0.1) is 5.41 Å². The van der Waals surface area contributed by atoms with Crippen LogP contribution in [0.3, 0.4) is 0 Å². The Bertz CT molecular complexity index is 387. The molecule has 0 spiro atoms. The monoisotopic (exact) mass is 255 g/mol. The summed E-state index contributed by atoms with van der Waals surface area (Å²) < 4.78 is 0. The molecule has 1 heterocycles. The van der Waals surface area contributed by atoms with Crippen molar-refractivity contribution >= 4 is 29.8 Å². The smallest absolute Gasteiger partial charge is 0.230 e. The number of carbonyl (C=O) groups is 1. The van der Waals surface area contributed by atoms with Crippen LogP contribution in [0.4, 0.5) is 11.5 Å². The van der Waals surface area contributed by atoms with E-state index in [-0.39, 0.29) is 23.7 Å². The van der Waals surface area contributed by atoms with Crippen LogP contribution in [0.15, 0.2) is 18.3 Å². The summed E-state index contributed by atoms with van der Waals surface area (Å²) in [5.74, 6) is 0.934. The molecule has 94 valence electrons. The molecule has 1 fully saturated rings. The summed E-state index contributed by atoms with van der Waals surface area (Å²) in [7, 11) is 1.82. The average Bonchev–Trinajstić information content (AvgIpc) is 3.11. The van der Waals surface area contributed by atoms with Crippen LogP contribution in [0.25, 0.3) is 0 Å². The molecule has 0 bridgehead atoms. The standard InChI is InChI=1S/C12H17N3O.ClH/c1-3-12(6-7-12)11(16)15-9-4-5-10(13-2)14-8-9;/h4-5,8H,3,6-7H2,1-2H3,(H,13,14)(H,15,16);1H. The molecule has 17 heavy (non-hydrogen) atoms. The van der Waals surface area contributed by atoms with E-state index in [2.05, 4.69) is 22.5 Å². The lowest BCUT2D eigenvalue weighted by atomic mass is 10.0. The van der Waals surface area contributed by atoms with Gasteiger partial charge in [-0.3, -0.25) is 4.79 Å². The molecule has 1 aromatic heterocycles. The molecular weight excluding hydrogens is 238 g/mol. The number of carbonyl (C=O) groups excluding carboxylic acids is 1. The van der Waals surface area contributed by atoms with Crippen LogP contribution in [0.1, 0.15) is 26.2 Å². The first-order valence-corrected chi connectivity index (χ1v) is 5.65. The lowest BCUT2D eigenvalue weighted by molar-refractivity contribution is -0.121. The highest BCUT2D eigenvalue weighted by atomic mass is 35.5. The Kier molecular flexibility index (Phi) is 4.34. The summed E-state index contributed by atoms with van der Waals surface area (Å²) in [4.78, 5) is 16.1. The summed E-state index contributed by atoms with van der Waals surface area (Å²) in [5.41, 5.74) is 0.672. The SMILES string of the molecule is CCC1(C(=O)Nc2ccc(NC)nc2)CC1.Cl. The van der Waals surface area contributed by atoms with Gasteiger partial charge in [-0.1, -0.05) is 6.92 Å². The van der Waals surface area contributed by atoms with Crippen LogP contribution in [0.5, 0.6) is 0 Å². The largest absolute Gasteiger partial charge is 0.373 e. The molecule has 0 unspecified atom stereocenters. The number of rotatable bonds is 4. The van der Waals surface area contributed by atoms with Gasteiger partial charge in [-0.15, -0.1) is 12.4 Å². The Morgan fingerprint density at radius 1 is 1.47 bits per heavy atom. The van der Waals surface area contributed by atoms with Crippen molar-refractivity contribution in [3.63, 3.8) is 0 Å². The topological polar surface area (TPSA) is 54.0 Å². The number of hydrogen-bond donors (Lipinski definition) is 2. The number of amides is 1. The fourth-order valence-corrected chi connectivity index (χ4v) is 1.77. The van der Waals surface area contributed by atoms with Crippen molar-refractivity contribution in [1.29, 1.82) is 0 Å². The van der Waals surface area contributed by atoms with Crippen LogP contribution < -0.4 is 10.6 Å².